The molecule has 1 fully saturated rings. The average molecular weight is 551 g/mol. The summed E-state index contributed by atoms with van der Waals surface area (Å²) >= 11 is 0. The fraction of sp³-hybridized carbons (Fsp3) is 0.400. The molecule has 0 amide bonds. The summed E-state index contributed by atoms with van der Waals surface area (Å²) in [7, 11) is 4.38. The Bertz CT molecular complexity index is 1510. The lowest BCUT2D eigenvalue weighted by Crippen LogP contribution is -2.46. The second-order valence-electron chi connectivity index (χ2n) is 8.17. The van der Waals surface area contributed by atoms with Crippen LogP contribution in [0.5, 0.6) is 34.5 Å². The van der Waals surface area contributed by atoms with Gasteiger partial charge in [0.25, 0.3) is 0 Å². The van der Waals surface area contributed by atoms with Crippen LogP contribution in [0, 0.1) is 0 Å². The molecule has 1 aliphatic rings. The number of sulfonamides is 1. The number of hydrogen-bond donors (Lipinski definition) is 1. The molecule has 1 aliphatic heterocycles. The Kier molecular flexibility index (Phi) is 7.90. The third kappa shape index (κ3) is 4.46. The van der Waals surface area contributed by atoms with Gasteiger partial charge in [0.1, 0.15) is 11.1 Å². The van der Waals surface area contributed by atoms with Crippen LogP contribution in [0.2, 0.25) is 0 Å². The van der Waals surface area contributed by atoms with Crippen molar-refractivity contribution in [1.29, 1.82) is 0 Å². The van der Waals surface area contributed by atoms with E-state index in [0.717, 1.165) is 0 Å². The van der Waals surface area contributed by atoms with Crippen molar-refractivity contribution in [1.82, 2.24) is 9.62 Å². The van der Waals surface area contributed by atoms with Crippen LogP contribution in [0.25, 0.3) is 22.3 Å². The average Bonchev–Trinajstić information content (AvgIpc) is 2.95. The Morgan fingerprint density at radius 3 is 1.87 bits per heavy atom. The summed E-state index contributed by atoms with van der Waals surface area (Å²) in [6, 6.07) is 4.01. The third-order valence-corrected chi connectivity index (χ3v) is 8.20. The molecule has 0 aliphatic carbocycles. The van der Waals surface area contributed by atoms with Crippen molar-refractivity contribution in [3.63, 3.8) is 0 Å². The Morgan fingerprint density at radius 2 is 1.32 bits per heavy atom. The van der Waals surface area contributed by atoms with Crippen LogP contribution in [0.1, 0.15) is 0 Å². The van der Waals surface area contributed by atoms with E-state index < -0.39 is 15.5 Å². The number of nitrogens with one attached hydrogen (secondary N) is 1. The molecule has 4 rings (SSSR count). The zero-order valence-corrected chi connectivity index (χ0v) is 22.8. The quantitative estimate of drug-likeness (QED) is 0.420. The molecular formula is C25H30N2O10S. The van der Waals surface area contributed by atoms with E-state index in [9.17, 15) is 13.2 Å². The second-order valence-corrected chi connectivity index (χ2v) is 10.1. The lowest BCUT2D eigenvalue weighted by molar-refractivity contribution is 0.307. The van der Waals surface area contributed by atoms with Gasteiger partial charge in [-0.05, 0) is 6.07 Å². The summed E-state index contributed by atoms with van der Waals surface area (Å²) in [5.41, 5.74) is -0.418. The predicted octanol–water partition coefficient (Wildman–Crippen LogP) is 2.11. The molecule has 38 heavy (non-hydrogen) atoms. The highest BCUT2D eigenvalue weighted by Gasteiger charge is 2.33. The summed E-state index contributed by atoms with van der Waals surface area (Å²) in [6.45, 7) is 1.57. The van der Waals surface area contributed by atoms with Gasteiger partial charge in [0, 0.05) is 43.9 Å². The molecule has 0 atom stereocenters. The van der Waals surface area contributed by atoms with Crippen LogP contribution in [-0.2, 0) is 10.0 Å². The largest absolute Gasteiger partial charge is 0.493 e. The molecule has 3 aromatic rings. The summed E-state index contributed by atoms with van der Waals surface area (Å²) in [4.78, 5) is 13.4. The number of methoxy groups -OCH3 is 6. The molecule has 0 bridgehead atoms. The van der Waals surface area contributed by atoms with Gasteiger partial charge >= 0.3 is 0 Å². The van der Waals surface area contributed by atoms with Crippen molar-refractivity contribution < 1.29 is 41.3 Å². The Hall–Kier alpha value is -3.68. The van der Waals surface area contributed by atoms with Gasteiger partial charge in [0.15, 0.2) is 28.3 Å². The first-order valence-corrected chi connectivity index (χ1v) is 13.0. The number of ether oxygens (including phenoxy) is 6. The smallest absolute Gasteiger partial charge is 0.244 e. The monoisotopic (exact) mass is 550 g/mol. The summed E-state index contributed by atoms with van der Waals surface area (Å²) < 4.78 is 67.9. The van der Waals surface area contributed by atoms with Crippen molar-refractivity contribution in [2.75, 3.05) is 68.8 Å². The van der Waals surface area contributed by atoms with Crippen LogP contribution < -0.4 is 39.2 Å². The minimum atomic E-state index is -4.02. The number of piperazine rings is 1. The maximum absolute atomic E-state index is 13.8. The Labute approximate surface area is 220 Å². The third-order valence-electron chi connectivity index (χ3n) is 6.26. The lowest BCUT2D eigenvalue weighted by atomic mass is 10.1. The molecule has 2 aromatic carbocycles. The molecule has 0 unspecified atom stereocenters. The van der Waals surface area contributed by atoms with Crippen molar-refractivity contribution in [3.8, 4) is 45.8 Å². The minimum Gasteiger partial charge on any atom is -0.493 e. The molecule has 13 heteroatoms. The number of nitrogens with zero attached hydrogens (tertiary/aromatic N) is 1. The van der Waals surface area contributed by atoms with E-state index in [-0.39, 0.29) is 74.8 Å². The molecule has 1 N–H and O–H groups in total. The number of rotatable bonds is 9. The highest BCUT2D eigenvalue weighted by atomic mass is 32.2. The first kappa shape index (κ1) is 27.4. The molecule has 12 nitrogen and oxygen atoms in total. The normalized spacial score (nSPS) is 14.3. The first-order valence-electron chi connectivity index (χ1n) is 11.6. The molecule has 1 saturated heterocycles. The number of benzene rings is 2. The fourth-order valence-corrected chi connectivity index (χ4v) is 6.10. The molecule has 2 heterocycles. The van der Waals surface area contributed by atoms with E-state index in [1.54, 1.807) is 0 Å². The Balaban J connectivity index is 2.09. The summed E-state index contributed by atoms with van der Waals surface area (Å²) in [5.74, 6) is 0.866. The van der Waals surface area contributed by atoms with E-state index in [4.69, 9.17) is 32.8 Å². The van der Waals surface area contributed by atoms with Crippen molar-refractivity contribution in [2.45, 2.75) is 4.90 Å². The zero-order valence-electron chi connectivity index (χ0n) is 22.0. The van der Waals surface area contributed by atoms with Crippen molar-refractivity contribution in [2.24, 2.45) is 0 Å². The molecule has 206 valence electrons. The van der Waals surface area contributed by atoms with Crippen molar-refractivity contribution >= 4 is 21.0 Å². The van der Waals surface area contributed by atoms with Gasteiger partial charge in [-0.3, -0.25) is 4.79 Å². The van der Waals surface area contributed by atoms with Crippen LogP contribution >= 0.6 is 0 Å². The van der Waals surface area contributed by atoms with Gasteiger partial charge in [-0.2, -0.15) is 4.31 Å². The maximum atomic E-state index is 13.8. The van der Waals surface area contributed by atoms with Crippen LogP contribution in [0.3, 0.4) is 0 Å². The number of hydrogen-bond acceptors (Lipinski definition) is 11. The highest BCUT2D eigenvalue weighted by molar-refractivity contribution is 7.89. The maximum Gasteiger partial charge on any atom is 0.244 e. The van der Waals surface area contributed by atoms with E-state index in [1.807, 2.05) is 0 Å². The standard InChI is InChI=1S/C25H30N2O10S/c1-31-17-11-14(19(13-18(17)32-2)38(29,30)27-9-7-26-8-10-27)16-12-15(28)20-21(33-3)23(34-4)25(36-6)24(35-5)22(20)37-16/h11-13,26H,7-10H2,1-6H3. The second kappa shape index (κ2) is 11.0. The SMILES string of the molecule is COc1cc(-c2cc(=O)c3c(OC)c(OC)c(OC)c(OC)c3o2)c(S(=O)(=O)N2CCNCC2)cc1OC. The zero-order chi connectivity index (χ0) is 27.6. The van der Waals surface area contributed by atoms with Crippen LogP contribution in [0.4, 0.5) is 0 Å². The first-order chi connectivity index (χ1) is 18.3. The molecule has 0 saturated carbocycles. The predicted molar refractivity (Wildman–Crippen MR) is 139 cm³/mol. The van der Waals surface area contributed by atoms with Crippen LogP contribution in [-0.4, -0.2) is 81.6 Å². The van der Waals surface area contributed by atoms with Gasteiger partial charge in [-0.1, -0.05) is 0 Å². The van der Waals surface area contributed by atoms with E-state index in [2.05, 4.69) is 5.32 Å². The van der Waals surface area contributed by atoms with Gasteiger partial charge in [0.05, 0.1) is 47.6 Å². The molecule has 0 radical (unpaired) electrons. The molecule has 0 spiro atoms. The van der Waals surface area contributed by atoms with E-state index >= 15 is 0 Å². The molecule has 1 aromatic heterocycles. The minimum absolute atomic E-state index is 0.00944. The summed E-state index contributed by atoms with van der Waals surface area (Å²) in [6.07, 6.45) is 0. The van der Waals surface area contributed by atoms with Gasteiger partial charge in [-0.25, -0.2) is 8.42 Å². The van der Waals surface area contributed by atoms with E-state index in [1.165, 1.54) is 65.2 Å². The van der Waals surface area contributed by atoms with Crippen LogP contribution in [0.15, 0.2) is 32.3 Å². The fourth-order valence-electron chi connectivity index (χ4n) is 4.47. The Morgan fingerprint density at radius 1 is 0.763 bits per heavy atom. The lowest BCUT2D eigenvalue weighted by Gasteiger charge is -2.27. The summed E-state index contributed by atoms with van der Waals surface area (Å²) in [5, 5.41) is 3.18. The van der Waals surface area contributed by atoms with Gasteiger partial charge < -0.3 is 38.2 Å². The van der Waals surface area contributed by atoms with Gasteiger partial charge in [0.2, 0.25) is 27.3 Å². The van der Waals surface area contributed by atoms with E-state index in [0.29, 0.717) is 13.1 Å². The molecular weight excluding hydrogens is 520 g/mol. The highest BCUT2D eigenvalue weighted by Crippen LogP contribution is 2.51. The number of fused-ring (bicyclic) bond motifs is 1. The van der Waals surface area contributed by atoms with Crippen molar-refractivity contribution in [3.05, 3.63) is 28.4 Å². The topological polar surface area (TPSA) is 135 Å². The van der Waals surface area contributed by atoms with Gasteiger partial charge in [-0.15, -0.1) is 0 Å².